The molecule has 8 heteroatoms. The molecule has 0 spiro atoms. The van der Waals surface area contributed by atoms with Gasteiger partial charge >= 0.3 is 0 Å². The Morgan fingerprint density at radius 2 is 1.63 bits per heavy atom. The van der Waals surface area contributed by atoms with E-state index in [4.69, 9.17) is 0 Å². The van der Waals surface area contributed by atoms with Crippen LogP contribution in [0.15, 0.2) is 35.1 Å². The van der Waals surface area contributed by atoms with Crippen LogP contribution in [-0.4, -0.2) is 82.7 Å². The summed E-state index contributed by atoms with van der Waals surface area (Å²) in [5.41, 5.74) is 0.111. The Hall–Kier alpha value is -2.58. The van der Waals surface area contributed by atoms with E-state index in [0.29, 0.717) is 18.8 Å². The summed E-state index contributed by atoms with van der Waals surface area (Å²) in [7, 11) is 0. The normalized spacial score (nSPS) is 18.1. The predicted octanol–water partition coefficient (Wildman–Crippen LogP) is 1.53. The van der Waals surface area contributed by atoms with Crippen molar-refractivity contribution in [1.29, 1.82) is 0 Å². The first-order valence-corrected chi connectivity index (χ1v) is 10.6. The zero-order chi connectivity index (χ0) is 21.1. The summed E-state index contributed by atoms with van der Waals surface area (Å²) >= 11 is 0. The summed E-state index contributed by atoms with van der Waals surface area (Å²) in [4.78, 5) is 32.0. The zero-order valence-corrected chi connectivity index (χ0v) is 17.4. The number of benzene rings is 1. The summed E-state index contributed by atoms with van der Waals surface area (Å²) < 4.78 is 15.6. The SMILES string of the molecule is Cc1cc(=O)c(C(=O)N2CCN(CCN3CCCC3)CC2)nn1-c1ccccc1F. The fraction of sp³-hybridized carbons (Fsp3) is 0.500. The predicted molar refractivity (Wildman–Crippen MR) is 113 cm³/mol. The molecule has 1 aromatic carbocycles. The van der Waals surface area contributed by atoms with E-state index in [2.05, 4.69) is 14.9 Å². The molecule has 0 radical (unpaired) electrons. The second kappa shape index (κ2) is 9.06. The number of hydrogen-bond acceptors (Lipinski definition) is 5. The van der Waals surface area contributed by atoms with Crippen LogP contribution in [0.5, 0.6) is 0 Å². The van der Waals surface area contributed by atoms with Crippen LogP contribution in [-0.2, 0) is 0 Å². The van der Waals surface area contributed by atoms with Crippen molar-refractivity contribution in [3.63, 3.8) is 0 Å². The summed E-state index contributed by atoms with van der Waals surface area (Å²) in [5, 5.41) is 4.24. The lowest BCUT2D eigenvalue weighted by Gasteiger charge is -2.35. The van der Waals surface area contributed by atoms with Crippen molar-refractivity contribution in [3.05, 3.63) is 57.8 Å². The number of piperazine rings is 1. The zero-order valence-electron chi connectivity index (χ0n) is 17.4. The van der Waals surface area contributed by atoms with Crippen LogP contribution in [0.25, 0.3) is 5.69 Å². The topological polar surface area (TPSA) is 61.7 Å². The minimum absolute atomic E-state index is 0.158. The van der Waals surface area contributed by atoms with Gasteiger partial charge in [-0.3, -0.25) is 14.5 Å². The Morgan fingerprint density at radius 3 is 2.30 bits per heavy atom. The number of rotatable bonds is 5. The Balaban J connectivity index is 1.44. The van der Waals surface area contributed by atoms with Gasteiger partial charge in [0.1, 0.15) is 11.5 Å². The van der Waals surface area contributed by atoms with Crippen molar-refractivity contribution in [2.45, 2.75) is 19.8 Å². The van der Waals surface area contributed by atoms with E-state index in [0.717, 1.165) is 26.2 Å². The summed E-state index contributed by atoms with van der Waals surface area (Å²) in [5.74, 6) is -0.842. The van der Waals surface area contributed by atoms with E-state index in [1.165, 1.54) is 42.7 Å². The van der Waals surface area contributed by atoms with E-state index >= 15 is 0 Å². The van der Waals surface area contributed by atoms with Crippen LogP contribution in [0, 0.1) is 12.7 Å². The fourth-order valence-electron chi connectivity index (χ4n) is 4.18. The van der Waals surface area contributed by atoms with Crippen molar-refractivity contribution in [3.8, 4) is 5.69 Å². The Kier molecular flexibility index (Phi) is 6.24. The van der Waals surface area contributed by atoms with Crippen LogP contribution in [0.1, 0.15) is 29.0 Å². The second-order valence-electron chi connectivity index (χ2n) is 8.04. The number of para-hydroxylation sites is 1. The third kappa shape index (κ3) is 4.44. The first kappa shape index (κ1) is 20.7. The second-order valence-corrected chi connectivity index (χ2v) is 8.04. The monoisotopic (exact) mass is 413 g/mol. The average molecular weight is 413 g/mol. The highest BCUT2D eigenvalue weighted by Gasteiger charge is 2.26. The van der Waals surface area contributed by atoms with Gasteiger partial charge in [-0.15, -0.1) is 0 Å². The number of carbonyl (C=O) groups excluding carboxylic acids is 1. The molecule has 1 amide bonds. The standard InChI is InChI=1S/C22H28FN5O2/c1-17-16-20(29)21(24-28(17)19-7-3-2-6-18(19)23)22(30)27-14-12-26(13-15-27)11-10-25-8-4-5-9-25/h2-3,6-7,16H,4-5,8-15H2,1H3. The van der Waals surface area contributed by atoms with Gasteiger partial charge in [0.2, 0.25) is 5.43 Å². The lowest BCUT2D eigenvalue weighted by molar-refractivity contribution is 0.0617. The molecule has 4 rings (SSSR count). The smallest absolute Gasteiger partial charge is 0.278 e. The Bertz CT molecular complexity index is 962. The Labute approximate surface area is 175 Å². The van der Waals surface area contributed by atoms with E-state index in [9.17, 15) is 14.0 Å². The van der Waals surface area contributed by atoms with E-state index in [-0.39, 0.29) is 17.3 Å². The van der Waals surface area contributed by atoms with Gasteiger partial charge < -0.3 is 9.80 Å². The van der Waals surface area contributed by atoms with E-state index in [1.54, 1.807) is 30.0 Å². The summed E-state index contributed by atoms with van der Waals surface area (Å²) in [6.07, 6.45) is 2.58. The van der Waals surface area contributed by atoms with Crippen LogP contribution < -0.4 is 5.43 Å². The van der Waals surface area contributed by atoms with Gasteiger partial charge in [0, 0.05) is 51.0 Å². The number of carbonyl (C=O) groups is 1. The molecule has 0 unspecified atom stereocenters. The van der Waals surface area contributed by atoms with Crippen LogP contribution >= 0.6 is 0 Å². The number of halogens is 1. The molecule has 1 aromatic heterocycles. The number of nitrogens with zero attached hydrogens (tertiary/aromatic N) is 5. The largest absolute Gasteiger partial charge is 0.335 e. The van der Waals surface area contributed by atoms with Crippen LogP contribution in [0.4, 0.5) is 4.39 Å². The molecule has 2 aromatic rings. The third-order valence-corrected chi connectivity index (χ3v) is 5.98. The molecule has 0 aliphatic carbocycles. The number of amides is 1. The summed E-state index contributed by atoms with van der Waals surface area (Å²) in [6.45, 7) is 8.82. The highest BCUT2D eigenvalue weighted by atomic mass is 19.1. The van der Waals surface area contributed by atoms with Crippen LogP contribution in [0.2, 0.25) is 0 Å². The molecule has 7 nitrogen and oxygen atoms in total. The first-order valence-electron chi connectivity index (χ1n) is 10.6. The van der Waals surface area contributed by atoms with Crippen molar-refractivity contribution in [1.82, 2.24) is 24.5 Å². The molecule has 3 heterocycles. The molecule has 160 valence electrons. The van der Waals surface area contributed by atoms with Gasteiger partial charge in [-0.2, -0.15) is 5.10 Å². The van der Waals surface area contributed by atoms with Crippen molar-refractivity contribution >= 4 is 5.91 Å². The Morgan fingerprint density at radius 1 is 1.00 bits per heavy atom. The van der Waals surface area contributed by atoms with Crippen LogP contribution in [0.3, 0.4) is 0 Å². The maximum Gasteiger partial charge on any atom is 0.278 e. The molecule has 0 bridgehead atoms. The van der Waals surface area contributed by atoms with Gasteiger partial charge in [0.05, 0.1) is 0 Å². The molecule has 2 aliphatic heterocycles. The summed E-state index contributed by atoms with van der Waals surface area (Å²) in [6, 6.07) is 7.54. The van der Waals surface area contributed by atoms with E-state index in [1.807, 2.05) is 0 Å². The molecule has 0 atom stereocenters. The van der Waals surface area contributed by atoms with E-state index < -0.39 is 11.2 Å². The number of aromatic nitrogens is 2. The fourth-order valence-corrected chi connectivity index (χ4v) is 4.18. The van der Waals surface area contributed by atoms with Crippen molar-refractivity contribution in [2.24, 2.45) is 0 Å². The molecule has 2 saturated heterocycles. The molecular formula is C22H28FN5O2. The lowest BCUT2D eigenvalue weighted by Crippen LogP contribution is -2.51. The molecule has 30 heavy (non-hydrogen) atoms. The van der Waals surface area contributed by atoms with Gasteiger partial charge in [0.15, 0.2) is 5.69 Å². The molecule has 2 fully saturated rings. The maximum atomic E-state index is 14.2. The minimum atomic E-state index is -0.457. The number of likely N-dealkylation sites (tertiary alicyclic amines) is 1. The minimum Gasteiger partial charge on any atom is -0.335 e. The number of hydrogen-bond donors (Lipinski definition) is 0. The quantitative estimate of drug-likeness (QED) is 0.744. The van der Waals surface area contributed by atoms with Gasteiger partial charge in [-0.25, -0.2) is 9.07 Å². The average Bonchev–Trinajstić information content (AvgIpc) is 3.27. The molecular weight excluding hydrogens is 385 g/mol. The highest BCUT2D eigenvalue weighted by molar-refractivity contribution is 5.92. The van der Waals surface area contributed by atoms with Crippen molar-refractivity contribution < 1.29 is 9.18 Å². The molecule has 0 N–H and O–H groups in total. The van der Waals surface area contributed by atoms with Crippen molar-refractivity contribution in [2.75, 3.05) is 52.4 Å². The highest BCUT2D eigenvalue weighted by Crippen LogP contribution is 2.14. The number of aryl methyl sites for hydroxylation is 1. The molecule has 0 saturated carbocycles. The van der Waals surface area contributed by atoms with Gasteiger partial charge in [-0.1, -0.05) is 12.1 Å². The lowest BCUT2D eigenvalue weighted by atomic mass is 10.2. The first-order chi connectivity index (χ1) is 14.5. The molecule has 2 aliphatic rings. The van der Waals surface area contributed by atoms with Gasteiger partial charge in [0.25, 0.3) is 5.91 Å². The third-order valence-electron chi connectivity index (χ3n) is 5.98. The maximum absolute atomic E-state index is 14.2. The van der Waals surface area contributed by atoms with Gasteiger partial charge in [-0.05, 0) is 45.0 Å².